The van der Waals surface area contributed by atoms with E-state index in [1.165, 1.54) is 0 Å². The maximum atomic E-state index is 11.9. The highest BCUT2D eigenvalue weighted by Crippen LogP contribution is 2.32. The minimum Gasteiger partial charge on any atom is -0.461 e. The first kappa shape index (κ1) is 14.8. The minimum absolute atomic E-state index is 0.246. The molecule has 0 saturated carbocycles. The number of nitrogen functional groups attached to an aromatic ring is 1. The van der Waals surface area contributed by atoms with Crippen molar-refractivity contribution in [2.45, 2.75) is 33.2 Å². The number of ether oxygens (including phenoxy) is 1. The zero-order chi connectivity index (χ0) is 14.9. The maximum Gasteiger partial charge on any atom is 0.360 e. The number of nitrogens with zero attached hydrogens (tertiary/aromatic N) is 3. The Bertz CT molecular complexity index is 498. The third kappa shape index (κ3) is 2.65. The summed E-state index contributed by atoms with van der Waals surface area (Å²) in [7, 11) is 2.13. The van der Waals surface area contributed by atoms with Crippen molar-refractivity contribution in [3.8, 4) is 0 Å². The number of rotatable bonds is 3. The predicted molar refractivity (Wildman–Crippen MR) is 77.6 cm³/mol. The number of carbonyl (C=O) groups excluding carboxylic acids is 1. The van der Waals surface area contributed by atoms with Gasteiger partial charge in [0.2, 0.25) is 0 Å². The van der Waals surface area contributed by atoms with E-state index in [1.54, 1.807) is 6.92 Å². The number of carbonyl (C=O) groups is 1. The highest BCUT2D eigenvalue weighted by atomic mass is 16.5. The first-order valence-corrected chi connectivity index (χ1v) is 7.15. The molecule has 6 nitrogen and oxygen atoms in total. The Hall–Kier alpha value is -1.56. The monoisotopic (exact) mass is 280 g/mol. The molecule has 0 aliphatic carbocycles. The number of imidazole rings is 1. The summed E-state index contributed by atoms with van der Waals surface area (Å²) in [6, 6.07) is 0.293. The molecule has 0 radical (unpaired) electrons. The molecular weight excluding hydrogens is 256 g/mol. The molecule has 112 valence electrons. The molecule has 0 amide bonds. The Morgan fingerprint density at radius 2 is 2.25 bits per heavy atom. The van der Waals surface area contributed by atoms with Crippen molar-refractivity contribution in [2.75, 3.05) is 32.5 Å². The van der Waals surface area contributed by atoms with E-state index >= 15 is 0 Å². The van der Waals surface area contributed by atoms with Gasteiger partial charge < -0.3 is 19.9 Å². The van der Waals surface area contributed by atoms with E-state index in [0.717, 1.165) is 25.3 Å². The molecule has 6 heteroatoms. The first-order valence-electron chi connectivity index (χ1n) is 7.15. The van der Waals surface area contributed by atoms with E-state index in [0.29, 0.717) is 24.4 Å². The van der Waals surface area contributed by atoms with Crippen LogP contribution in [0.2, 0.25) is 0 Å². The molecule has 20 heavy (non-hydrogen) atoms. The van der Waals surface area contributed by atoms with E-state index in [9.17, 15) is 4.79 Å². The van der Waals surface area contributed by atoms with Crippen molar-refractivity contribution in [3.63, 3.8) is 0 Å². The zero-order valence-corrected chi connectivity index (χ0v) is 12.7. The Morgan fingerprint density at radius 3 is 2.85 bits per heavy atom. The zero-order valence-electron chi connectivity index (χ0n) is 12.7. The van der Waals surface area contributed by atoms with E-state index < -0.39 is 5.97 Å². The topological polar surface area (TPSA) is 73.4 Å². The molecule has 1 aliphatic heterocycles. The van der Waals surface area contributed by atoms with Crippen LogP contribution in [0.5, 0.6) is 0 Å². The Kier molecular flexibility index (Phi) is 4.32. The quantitative estimate of drug-likeness (QED) is 0.849. The molecule has 2 atom stereocenters. The standard InChI is InChI=1S/C14H24N4O2/c1-5-20-14(19)12-13(15)18(10(3)16-12)11-6-7-17(4)8-9(11)2/h9,11H,5-8,15H2,1-4H3. The fourth-order valence-corrected chi connectivity index (χ4v) is 3.05. The summed E-state index contributed by atoms with van der Waals surface area (Å²) in [5.74, 6) is 1.25. The Balaban J connectivity index is 2.30. The Morgan fingerprint density at radius 1 is 1.55 bits per heavy atom. The second-order valence-corrected chi connectivity index (χ2v) is 5.58. The highest BCUT2D eigenvalue weighted by Gasteiger charge is 2.30. The molecule has 1 aromatic rings. The smallest absolute Gasteiger partial charge is 0.360 e. The summed E-state index contributed by atoms with van der Waals surface area (Å²) < 4.78 is 7.01. The van der Waals surface area contributed by atoms with Crippen LogP contribution in [0.25, 0.3) is 0 Å². The Labute approximate surface area is 119 Å². The molecule has 2 heterocycles. The van der Waals surface area contributed by atoms with Crippen LogP contribution in [0.15, 0.2) is 0 Å². The van der Waals surface area contributed by atoms with Gasteiger partial charge >= 0.3 is 5.97 Å². The number of piperidine rings is 1. The van der Waals surface area contributed by atoms with Gasteiger partial charge in [-0.25, -0.2) is 9.78 Å². The van der Waals surface area contributed by atoms with Crippen molar-refractivity contribution in [1.82, 2.24) is 14.5 Å². The van der Waals surface area contributed by atoms with Gasteiger partial charge in [0.1, 0.15) is 11.6 Å². The van der Waals surface area contributed by atoms with Gasteiger partial charge in [-0.3, -0.25) is 0 Å². The molecule has 2 rings (SSSR count). The maximum absolute atomic E-state index is 11.9. The third-order valence-corrected chi connectivity index (χ3v) is 3.99. The van der Waals surface area contributed by atoms with E-state index in [1.807, 2.05) is 11.5 Å². The number of hydrogen-bond acceptors (Lipinski definition) is 5. The number of anilines is 1. The van der Waals surface area contributed by atoms with Crippen LogP contribution >= 0.6 is 0 Å². The summed E-state index contributed by atoms with van der Waals surface area (Å²) in [4.78, 5) is 18.5. The van der Waals surface area contributed by atoms with Crippen molar-refractivity contribution in [2.24, 2.45) is 5.92 Å². The molecular formula is C14H24N4O2. The van der Waals surface area contributed by atoms with Crippen LogP contribution in [-0.4, -0.2) is 47.2 Å². The molecule has 0 bridgehead atoms. The van der Waals surface area contributed by atoms with Gasteiger partial charge in [-0.05, 0) is 39.8 Å². The van der Waals surface area contributed by atoms with Crippen LogP contribution in [0, 0.1) is 12.8 Å². The van der Waals surface area contributed by atoms with Crippen molar-refractivity contribution in [1.29, 1.82) is 0 Å². The van der Waals surface area contributed by atoms with Gasteiger partial charge in [0.05, 0.1) is 6.61 Å². The summed E-state index contributed by atoms with van der Waals surface area (Å²) in [5.41, 5.74) is 6.39. The number of aryl methyl sites for hydroxylation is 1. The van der Waals surface area contributed by atoms with Gasteiger partial charge in [-0.2, -0.15) is 0 Å². The van der Waals surface area contributed by atoms with Gasteiger partial charge in [0, 0.05) is 12.6 Å². The highest BCUT2D eigenvalue weighted by molar-refractivity contribution is 5.92. The molecule has 1 aromatic heterocycles. The number of nitrogens with two attached hydrogens (primary N) is 1. The number of likely N-dealkylation sites (tertiary alicyclic amines) is 1. The molecule has 2 unspecified atom stereocenters. The fourth-order valence-electron chi connectivity index (χ4n) is 3.05. The number of esters is 1. The summed E-state index contributed by atoms with van der Waals surface area (Å²) in [6.45, 7) is 8.26. The minimum atomic E-state index is -0.438. The summed E-state index contributed by atoms with van der Waals surface area (Å²) >= 11 is 0. The lowest BCUT2D eigenvalue weighted by Gasteiger charge is -2.36. The van der Waals surface area contributed by atoms with Crippen LogP contribution in [0.4, 0.5) is 5.82 Å². The average molecular weight is 280 g/mol. The largest absolute Gasteiger partial charge is 0.461 e. The second-order valence-electron chi connectivity index (χ2n) is 5.58. The molecule has 1 saturated heterocycles. The summed E-state index contributed by atoms with van der Waals surface area (Å²) in [6.07, 6.45) is 1.02. The van der Waals surface area contributed by atoms with Gasteiger partial charge in [-0.1, -0.05) is 6.92 Å². The van der Waals surface area contributed by atoms with Crippen LogP contribution in [0.3, 0.4) is 0 Å². The van der Waals surface area contributed by atoms with Crippen LogP contribution in [0.1, 0.15) is 42.6 Å². The number of hydrogen-bond donors (Lipinski definition) is 1. The van der Waals surface area contributed by atoms with E-state index in [2.05, 4.69) is 23.9 Å². The van der Waals surface area contributed by atoms with Crippen molar-refractivity contribution < 1.29 is 9.53 Å². The van der Waals surface area contributed by atoms with Crippen LogP contribution in [-0.2, 0) is 4.74 Å². The van der Waals surface area contributed by atoms with Gasteiger partial charge in [0.15, 0.2) is 5.69 Å². The molecule has 1 fully saturated rings. The lowest BCUT2D eigenvalue weighted by atomic mass is 9.94. The van der Waals surface area contributed by atoms with Gasteiger partial charge in [-0.15, -0.1) is 0 Å². The SMILES string of the molecule is CCOC(=O)c1nc(C)n(C2CCN(C)CC2C)c1N. The molecule has 0 aromatic carbocycles. The lowest BCUT2D eigenvalue weighted by molar-refractivity contribution is 0.0521. The fraction of sp³-hybridized carbons (Fsp3) is 0.714. The normalized spacial score (nSPS) is 23.8. The van der Waals surface area contributed by atoms with Crippen molar-refractivity contribution >= 4 is 11.8 Å². The second kappa shape index (κ2) is 5.83. The van der Waals surface area contributed by atoms with Crippen molar-refractivity contribution in [3.05, 3.63) is 11.5 Å². The molecule has 1 aliphatic rings. The first-order chi connectivity index (χ1) is 9.45. The molecule has 0 spiro atoms. The molecule has 2 N–H and O–H groups in total. The summed E-state index contributed by atoms with van der Waals surface area (Å²) in [5, 5.41) is 0. The van der Waals surface area contributed by atoms with Crippen LogP contribution < -0.4 is 5.73 Å². The average Bonchev–Trinajstić information content (AvgIpc) is 2.66. The third-order valence-electron chi connectivity index (χ3n) is 3.99. The van der Waals surface area contributed by atoms with E-state index in [-0.39, 0.29) is 5.69 Å². The lowest BCUT2D eigenvalue weighted by Crippen LogP contribution is -2.38. The van der Waals surface area contributed by atoms with E-state index in [4.69, 9.17) is 10.5 Å². The predicted octanol–water partition coefficient (Wildman–Crippen LogP) is 1.46. The number of aromatic nitrogens is 2. The van der Waals surface area contributed by atoms with Gasteiger partial charge in [0.25, 0.3) is 0 Å².